The van der Waals surface area contributed by atoms with Crippen LogP contribution in [0.15, 0.2) is 54.6 Å². The second-order valence-corrected chi connectivity index (χ2v) is 4.11. The minimum absolute atomic E-state index is 0.0758. The monoisotopic (exact) mass is 241 g/mol. The maximum atomic E-state index is 10.6. The van der Waals surface area contributed by atoms with Gasteiger partial charge in [-0.25, -0.2) is 0 Å². The van der Waals surface area contributed by atoms with Crippen molar-refractivity contribution in [2.45, 2.75) is 13.0 Å². The fraction of sp³-hybridized carbons (Fsp3) is 0.133. The van der Waals surface area contributed by atoms with Crippen LogP contribution < -0.4 is 5.32 Å². The Morgan fingerprint density at radius 3 is 2.17 bits per heavy atom. The van der Waals surface area contributed by atoms with E-state index in [-0.39, 0.29) is 6.42 Å². The summed E-state index contributed by atoms with van der Waals surface area (Å²) in [6.07, 6.45) is 0.0758. The zero-order valence-electron chi connectivity index (χ0n) is 9.97. The van der Waals surface area contributed by atoms with Gasteiger partial charge in [0.25, 0.3) is 0 Å². The van der Waals surface area contributed by atoms with Crippen molar-refractivity contribution in [3.05, 3.63) is 65.7 Å². The number of carboxylic acid groups (broad SMARTS) is 1. The lowest BCUT2D eigenvalue weighted by molar-refractivity contribution is -0.136. The van der Waals surface area contributed by atoms with Crippen LogP contribution in [0.1, 0.15) is 11.1 Å². The number of hydrogen-bond donors (Lipinski definition) is 2. The number of carboxylic acids is 1. The first-order valence-corrected chi connectivity index (χ1v) is 5.82. The van der Waals surface area contributed by atoms with Gasteiger partial charge in [-0.1, -0.05) is 42.5 Å². The molecule has 3 nitrogen and oxygen atoms in total. The predicted octanol–water partition coefficient (Wildman–Crippen LogP) is 2.93. The summed E-state index contributed by atoms with van der Waals surface area (Å²) in [6, 6.07) is 17.6. The Kier molecular flexibility index (Phi) is 3.97. The highest BCUT2D eigenvalue weighted by molar-refractivity contribution is 5.70. The smallest absolute Gasteiger partial charge is 0.307 e. The average Bonchev–Trinajstić information content (AvgIpc) is 2.38. The summed E-state index contributed by atoms with van der Waals surface area (Å²) in [5, 5.41) is 12.0. The standard InChI is InChI=1S/C15H15NO2/c17-15(18)10-12-6-8-13(9-7-12)11-16-14-4-2-1-3-5-14/h1-9,16H,10-11H2,(H,17,18). The van der Waals surface area contributed by atoms with Crippen molar-refractivity contribution in [1.29, 1.82) is 0 Å². The minimum atomic E-state index is -0.801. The molecule has 0 saturated carbocycles. The van der Waals surface area contributed by atoms with Crippen molar-refractivity contribution in [3.8, 4) is 0 Å². The van der Waals surface area contributed by atoms with Gasteiger partial charge in [-0.3, -0.25) is 4.79 Å². The van der Waals surface area contributed by atoms with Gasteiger partial charge in [0.1, 0.15) is 0 Å². The molecule has 2 aromatic rings. The van der Waals surface area contributed by atoms with Crippen LogP contribution in [0.25, 0.3) is 0 Å². The SMILES string of the molecule is O=C(O)Cc1ccc(CNc2ccccc2)cc1. The number of rotatable bonds is 5. The Balaban J connectivity index is 1.92. The third kappa shape index (κ3) is 3.63. The number of benzene rings is 2. The van der Waals surface area contributed by atoms with Gasteiger partial charge in [0.2, 0.25) is 0 Å². The summed E-state index contributed by atoms with van der Waals surface area (Å²) >= 11 is 0. The number of nitrogens with one attached hydrogen (secondary N) is 1. The lowest BCUT2D eigenvalue weighted by atomic mass is 10.1. The molecule has 0 aliphatic carbocycles. The Morgan fingerprint density at radius 1 is 0.944 bits per heavy atom. The van der Waals surface area contributed by atoms with E-state index < -0.39 is 5.97 Å². The molecule has 92 valence electrons. The van der Waals surface area contributed by atoms with Crippen LogP contribution in [0.3, 0.4) is 0 Å². The van der Waals surface area contributed by atoms with E-state index in [2.05, 4.69) is 5.32 Å². The van der Waals surface area contributed by atoms with Crippen LogP contribution in [0, 0.1) is 0 Å². The molecular weight excluding hydrogens is 226 g/mol. The van der Waals surface area contributed by atoms with Gasteiger partial charge in [-0.05, 0) is 23.3 Å². The summed E-state index contributed by atoms with van der Waals surface area (Å²) in [4.78, 5) is 10.6. The molecular formula is C15H15NO2. The molecule has 0 saturated heterocycles. The number of hydrogen-bond acceptors (Lipinski definition) is 2. The fourth-order valence-corrected chi connectivity index (χ4v) is 1.71. The Morgan fingerprint density at radius 2 is 1.56 bits per heavy atom. The van der Waals surface area contributed by atoms with Crippen LogP contribution in [-0.2, 0) is 17.8 Å². The minimum Gasteiger partial charge on any atom is -0.481 e. The number of carbonyl (C=O) groups is 1. The highest BCUT2D eigenvalue weighted by atomic mass is 16.4. The summed E-state index contributed by atoms with van der Waals surface area (Å²) in [5.41, 5.74) is 3.03. The van der Waals surface area contributed by atoms with Gasteiger partial charge >= 0.3 is 5.97 Å². The molecule has 0 spiro atoms. The summed E-state index contributed by atoms with van der Waals surface area (Å²) in [6.45, 7) is 0.733. The topological polar surface area (TPSA) is 49.3 Å². The number of aliphatic carboxylic acids is 1. The van der Waals surface area contributed by atoms with Crippen molar-refractivity contribution < 1.29 is 9.90 Å². The molecule has 0 fully saturated rings. The third-order valence-electron chi connectivity index (χ3n) is 2.65. The zero-order valence-corrected chi connectivity index (χ0v) is 9.97. The van der Waals surface area contributed by atoms with E-state index in [4.69, 9.17) is 5.11 Å². The van der Waals surface area contributed by atoms with E-state index >= 15 is 0 Å². The molecule has 0 atom stereocenters. The van der Waals surface area contributed by atoms with Crippen LogP contribution in [0.5, 0.6) is 0 Å². The zero-order chi connectivity index (χ0) is 12.8. The van der Waals surface area contributed by atoms with Crippen LogP contribution in [0.4, 0.5) is 5.69 Å². The summed E-state index contributed by atoms with van der Waals surface area (Å²) < 4.78 is 0. The molecule has 18 heavy (non-hydrogen) atoms. The fourth-order valence-electron chi connectivity index (χ4n) is 1.71. The maximum Gasteiger partial charge on any atom is 0.307 e. The van der Waals surface area contributed by atoms with E-state index in [1.165, 1.54) is 0 Å². The molecule has 0 bridgehead atoms. The molecule has 0 aromatic heterocycles. The Bertz CT molecular complexity index is 506. The molecule has 0 heterocycles. The molecule has 0 aliphatic heterocycles. The molecule has 0 radical (unpaired) electrons. The highest BCUT2D eigenvalue weighted by Gasteiger charge is 2.00. The predicted molar refractivity (Wildman–Crippen MR) is 71.6 cm³/mol. The first-order chi connectivity index (χ1) is 8.74. The molecule has 3 heteroatoms. The van der Waals surface area contributed by atoms with Crippen molar-refractivity contribution >= 4 is 11.7 Å². The lowest BCUT2D eigenvalue weighted by Crippen LogP contribution is -2.01. The third-order valence-corrected chi connectivity index (χ3v) is 2.65. The van der Waals surface area contributed by atoms with E-state index in [1.807, 2.05) is 54.6 Å². The Labute approximate surface area is 106 Å². The van der Waals surface area contributed by atoms with E-state index in [9.17, 15) is 4.79 Å². The second-order valence-electron chi connectivity index (χ2n) is 4.11. The van der Waals surface area contributed by atoms with E-state index in [0.29, 0.717) is 0 Å². The molecule has 0 unspecified atom stereocenters. The van der Waals surface area contributed by atoms with E-state index in [0.717, 1.165) is 23.4 Å². The second kappa shape index (κ2) is 5.87. The van der Waals surface area contributed by atoms with Gasteiger partial charge in [0.05, 0.1) is 6.42 Å². The highest BCUT2D eigenvalue weighted by Crippen LogP contribution is 2.10. The molecule has 0 amide bonds. The maximum absolute atomic E-state index is 10.6. The van der Waals surface area contributed by atoms with Crippen molar-refractivity contribution in [2.24, 2.45) is 0 Å². The first kappa shape index (κ1) is 12.2. The van der Waals surface area contributed by atoms with Crippen LogP contribution >= 0.6 is 0 Å². The average molecular weight is 241 g/mol. The van der Waals surface area contributed by atoms with Crippen LogP contribution in [0.2, 0.25) is 0 Å². The molecule has 2 aromatic carbocycles. The number of anilines is 1. The van der Waals surface area contributed by atoms with Crippen molar-refractivity contribution in [2.75, 3.05) is 5.32 Å². The van der Waals surface area contributed by atoms with Gasteiger partial charge in [-0.2, -0.15) is 0 Å². The largest absolute Gasteiger partial charge is 0.481 e. The van der Waals surface area contributed by atoms with Gasteiger partial charge in [0, 0.05) is 12.2 Å². The van der Waals surface area contributed by atoms with Crippen LogP contribution in [-0.4, -0.2) is 11.1 Å². The molecule has 2 rings (SSSR count). The molecule has 0 aliphatic rings. The van der Waals surface area contributed by atoms with Gasteiger partial charge in [0.15, 0.2) is 0 Å². The number of para-hydroxylation sites is 1. The van der Waals surface area contributed by atoms with Gasteiger partial charge < -0.3 is 10.4 Å². The normalized spacial score (nSPS) is 10.0. The quantitative estimate of drug-likeness (QED) is 0.846. The Hall–Kier alpha value is -2.29. The van der Waals surface area contributed by atoms with Crippen molar-refractivity contribution in [1.82, 2.24) is 0 Å². The van der Waals surface area contributed by atoms with Crippen molar-refractivity contribution in [3.63, 3.8) is 0 Å². The lowest BCUT2D eigenvalue weighted by Gasteiger charge is -2.06. The first-order valence-electron chi connectivity index (χ1n) is 5.82. The summed E-state index contributed by atoms with van der Waals surface area (Å²) in [7, 11) is 0. The van der Waals surface area contributed by atoms with E-state index in [1.54, 1.807) is 0 Å². The van der Waals surface area contributed by atoms with Gasteiger partial charge in [-0.15, -0.1) is 0 Å². The summed E-state index contributed by atoms with van der Waals surface area (Å²) in [5.74, 6) is -0.801. The molecule has 2 N–H and O–H groups in total.